The molecule has 29 heavy (non-hydrogen) atoms. The number of amides is 1. The molecular weight excluding hydrogens is 380 g/mol. The highest BCUT2D eigenvalue weighted by Gasteiger charge is 2.19. The lowest BCUT2D eigenvalue weighted by atomic mass is 10.2. The topological polar surface area (TPSA) is 121 Å². The summed E-state index contributed by atoms with van der Waals surface area (Å²) in [5.41, 5.74) is 0.849. The lowest BCUT2D eigenvalue weighted by molar-refractivity contribution is -0.384. The maximum atomic E-state index is 12.5. The Balaban J connectivity index is 1.74. The molecule has 0 aliphatic heterocycles. The minimum atomic E-state index is -0.522. The molecule has 0 N–H and O–H groups in total. The maximum Gasteiger partial charge on any atom is 0.269 e. The van der Waals surface area contributed by atoms with Crippen molar-refractivity contribution in [2.24, 2.45) is 0 Å². The van der Waals surface area contributed by atoms with E-state index >= 15 is 0 Å². The van der Waals surface area contributed by atoms with Crippen LogP contribution >= 0.6 is 0 Å². The smallest absolute Gasteiger partial charge is 0.269 e. The van der Waals surface area contributed by atoms with Gasteiger partial charge >= 0.3 is 0 Å². The molecule has 0 fully saturated rings. The first-order valence-electron chi connectivity index (χ1n) is 8.48. The van der Waals surface area contributed by atoms with E-state index in [-0.39, 0.29) is 24.0 Å². The fourth-order valence-electron chi connectivity index (χ4n) is 2.63. The van der Waals surface area contributed by atoms with E-state index in [0.29, 0.717) is 28.5 Å². The number of carbonyl (C=O) groups excluding carboxylic acids is 1. The Labute approximate surface area is 165 Å². The molecule has 0 saturated heterocycles. The highest BCUT2D eigenvalue weighted by Crippen LogP contribution is 2.31. The zero-order chi connectivity index (χ0) is 21.0. The Kier molecular flexibility index (Phi) is 5.72. The predicted octanol–water partition coefficient (Wildman–Crippen LogP) is 2.93. The largest absolute Gasteiger partial charge is 0.497 e. The lowest BCUT2D eigenvalue weighted by Crippen LogP contribution is -2.26. The van der Waals surface area contributed by atoms with Crippen molar-refractivity contribution in [2.45, 2.75) is 6.54 Å². The molecule has 0 aliphatic rings. The number of benzene rings is 2. The van der Waals surface area contributed by atoms with E-state index in [1.807, 2.05) is 0 Å². The van der Waals surface area contributed by atoms with Crippen LogP contribution in [0.15, 0.2) is 47.0 Å². The minimum absolute atomic E-state index is 0.0707. The van der Waals surface area contributed by atoms with Crippen molar-refractivity contribution in [1.82, 2.24) is 15.0 Å². The number of carbonyl (C=O) groups is 1. The Hall–Kier alpha value is -3.95. The van der Waals surface area contributed by atoms with Crippen molar-refractivity contribution in [3.8, 4) is 22.9 Å². The zero-order valence-corrected chi connectivity index (χ0v) is 16.0. The highest BCUT2D eigenvalue weighted by atomic mass is 16.6. The van der Waals surface area contributed by atoms with E-state index in [9.17, 15) is 14.9 Å². The summed E-state index contributed by atoms with van der Waals surface area (Å²) in [6.45, 7) is 0.0707. The van der Waals surface area contributed by atoms with Gasteiger partial charge in [0.15, 0.2) is 0 Å². The van der Waals surface area contributed by atoms with Crippen LogP contribution in [0.5, 0.6) is 11.5 Å². The van der Waals surface area contributed by atoms with Crippen LogP contribution in [0.2, 0.25) is 0 Å². The van der Waals surface area contributed by atoms with E-state index in [4.69, 9.17) is 14.0 Å². The number of non-ortho nitro benzene ring substituents is 1. The van der Waals surface area contributed by atoms with E-state index < -0.39 is 4.92 Å². The van der Waals surface area contributed by atoms with Crippen molar-refractivity contribution < 1.29 is 23.7 Å². The predicted molar refractivity (Wildman–Crippen MR) is 102 cm³/mol. The van der Waals surface area contributed by atoms with E-state index in [0.717, 1.165) is 0 Å². The number of rotatable bonds is 7. The van der Waals surface area contributed by atoms with Gasteiger partial charge in [0.1, 0.15) is 11.5 Å². The molecule has 0 spiro atoms. The summed E-state index contributed by atoms with van der Waals surface area (Å²) in [7, 11) is 4.65. The molecule has 0 radical (unpaired) electrons. The number of nitrogens with zero attached hydrogens (tertiary/aromatic N) is 4. The Morgan fingerprint density at radius 1 is 1.17 bits per heavy atom. The summed E-state index contributed by atoms with van der Waals surface area (Å²) in [4.78, 5) is 28.4. The van der Waals surface area contributed by atoms with Crippen LogP contribution in [-0.4, -0.2) is 47.1 Å². The van der Waals surface area contributed by atoms with Gasteiger partial charge in [0.25, 0.3) is 11.6 Å². The molecule has 150 valence electrons. The van der Waals surface area contributed by atoms with Crippen molar-refractivity contribution in [2.75, 3.05) is 21.3 Å². The summed E-state index contributed by atoms with van der Waals surface area (Å²) in [6.07, 6.45) is 0. The van der Waals surface area contributed by atoms with Gasteiger partial charge in [-0.15, -0.1) is 0 Å². The fraction of sp³-hybridized carbons (Fsp3) is 0.211. The van der Waals surface area contributed by atoms with Crippen LogP contribution < -0.4 is 9.47 Å². The second kappa shape index (κ2) is 8.38. The van der Waals surface area contributed by atoms with Crippen molar-refractivity contribution in [3.05, 3.63) is 64.0 Å². The molecule has 10 heteroatoms. The molecule has 2 aromatic carbocycles. The molecule has 0 saturated carbocycles. The van der Waals surface area contributed by atoms with Gasteiger partial charge < -0.3 is 18.9 Å². The second-order valence-electron chi connectivity index (χ2n) is 6.04. The molecular formula is C19H18N4O6. The molecule has 0 aliphatic carbocycles. The van der Waals surface area contributed by atoms with Crippen LogP contribution in [0, 0.1) is 10.1 Å². The molecule has 0 atom stereocenters. The fourth-order valence-corrected chi connectivity index (χ4v) is 2.63. The molecule has 1 heterocycles. The van der Waals surface area contributed by atoms with E-state index in [1.165, 1.54) is 36.3 Å². The summed E-state index contributed by atoms with van der Waals surface area (Å²) in [6, 6.07) is 10.6. The average Bonchev–Trinajstić information content (AvgIpc) is 3.20. The van der Waals surface area contributed by atoms with Gasteiger partial charge in [0, 0.05) is 30.8 Å². The number of hydrogen-bond acceptors (Lipinski definition) is 8. The molecule has 3 aromatic rings. The summed E-state index contributed by atoms with van der Waals surface area (Å²) in [5, 5.41) is 14.7. The Morgan fingerprint density at radius 2 is 1.90 bits per heavy atom. The molecule has 1 amide bonds. The monoisotopic (exact) mass is 398 g/mol. The van der Waals surface area contributed by atoms with Crippen LogP contribution in [0.1, 0.15) is 16.2 Å². The number of ether oxygens (including phenoxy) is 2. The quantitative estimate of drug-likeness (QED) is 0.440. The molecule has 0 unspecified atom stereocenters. The minimum Gasteiger partial charge on any atom is -0.497 e. The highest BCUT2D eigenvalue weighted by molar-refractivity contribution is 5.94. The number of nitro groups is 1. The standard InChI is InChI=1S/C19H18N4O6/c1-22(19(24)12-4-6-13(7-5-12)23(25)26)11-17-20-18(21-29-17)15-9-8-14(27-2)10-16(15)28-3/h4-10H,11H2,1-3H3. The van der Waals surface area contributed by atoms with Crippen LogP contribution in [0.25, 0.3) is 11.4 Å². The molecule has 3 rings (SSSR count). The zero-order valence-electron chi connectivity index (χ0n) is 16.0. The molecule has 10 nitrogen and oxygen atoms in total. The Bertz CT molecular complexity index is 1030. The number of hydrogen-bond donors (Lipinski definition) is 0. The number of methoxy groups -OCH3 is 2. The van der Waals surface area contributed by atoms with Gasteiger partial charge in [0.05, 0.1) is 31.3 Å². The third kappa shape index (κ3) is 4.32. The third-order valence-corrected chi connectivity index (χ3v) is 4.16. The lowest BCUT2D eigenvalue weighted by Gasteiger charge is -2.14. The van der Waals surface area contributed by atoms with Gasteiger partial charge in [-0.25, -0.2) is 0 Å². The average molecular weight is 398 g/mol. The van der Waals surface area contributed by atoms with Gasteiger partial charge in [-0.1, -0.05) is 5.16 Å². The van der Waals surface area contributed by atoms with Gasteiger partial charge in [-0.2, -0.15) is 4.98 Å². The third-order valence-electron chi connectivity index (χ3n) is 4.16. The summed E-state index contributed by atoms with van der Waals surface area (Å²) in [5.74, 6) is 1.36. The van der Waals surface area contributed by atoms with Gasteiger partial charge in [-0.3, -0.25) is 14.9 Å². The van der Waals surface area contributed by atoms with Crippen molar-refractivity contribution in [1.29, 1.82) is 0 Å². The van der Waals surface area contributed by atoms with Crippen LogP contribution in [-0.2, 0) is 6.54 Å². The summed E-state index contributed by atoms with van der Waals surface area (Å²) < 4.78 is 15.8. The SMILES string of the molecule is COc1ccc(-c2noc(CN(C)C(=O)c3ccc([N+](=O)[O-])cc3)n2)c(OC)c1. The molecule has 1 aromatic heterocycles. The number of aromatic nitrogens is 2. The van der Waals surface area contributed by atoms with E-state index in [1.54, 1.807) is 32.4 Å². The van der Waals surface area contributed by atoms with Gasteiger partial charge in [-0.05, 0) is 24.3 Å². The molecule has 0 bridgehead atoms. The van der Waals surface area contributed by atoms with Crippen LogP contribution in [0.4, 0.5) is 5.69 Å². The summed E-state index contributed by atoms with van der Waals surface area (Å²) >= 11 is 0. The maximum absolute atomic E-state index is 12.5. The first kappa shape index (κ1) is 19.8. The number of nitro benzene ring substituents is 1. The Morgan fingerprint density at radius 3 is 2.52 bits per heavy atom. The van der Waals surface area contributed by atoms with Crippen molar-refractivity contribution in [3.63, 3.8) is 0 Å². The first-order valence-corrected chi connectivity index (χ1v) is 8.48. The first-order chi connectivity index (χ1) is 13.9. The normalized spacial score (nSPS) is 10.4. The van der Waals surface area contributed by atoms with Gasteiger partial charge in [0.2, 0.25) is 11.7 Å². The van der Waals surface area contributed by atoms with Crippen LogP contribution in [0.3, 0.4) is 0 Å². The van der Waals surface area contributed by atoms with Crippen molar-refractivity contribution >= 4 is 11.6 Å². The van der Waals surface area contributed by atoms with E-state index in [2.05, 4.69) is 10.1 Å². The second-order valence-corrected chi connectivity index (χ2v) is 6.04.